The second kappa shape index (κ2) is 5.03. The van der Waals surface area contributed by atoms with Crippen LogP contribution in [0, 0.1) is 11.8 Å². The molecule has 3 atom stereocenters. The molecule has 3 rings (SSSR count). The Morgan fingerprint density at radius 1 is 1.28 bits per heavy atom. The minimum atomic E-state index is 0.601. The molecule has 0 aliphatic heterocycles. The second-order valence-electron chi connectivity index (χ2n) is 5.34. The van der Waals surface area contributed by atoms with E-state index in [0.29, 0.717) is 6.04 Å². The Morgan fingerprint density at radius 3 is 2.78 bits per heavy atom. The maximum Gasteiger partial charge on any atom is 0.146 e. The summed E-state index contributed by atoms with van der Waals surface area (Å²) in [5.41, 5.74) is 0. The quantitative estimate of drug-likeness (QED) is 0.896. The Hall–Kier alpha value is -0.840. The van der Waals surface area contributed by atoms with Gasteiger partial charge in [-0.3, -0.25) is 0 Å². The van der Waals surface area contributed by atoms with E-state index in [9.17, 15) is 0 Å². The lowest BCUT2D eigenvalue weighted by Crippen LogP contribution is -2.26. The van der Waals surface area contributed by atoms with Gasteiger partial charge < -0.3 is 10.6 Å². The fourth-order valence-corrected chi connectivity index (χ4v) is 3.82. The van der Waals surface area contributed by atoms with Crippen molar-refractivity contribution in [3.63, 3.8) is 0 Å². The van der Waals surface area contributed by atoms with Gasteiger partial charge in [0.05, 0.1) is 0 Å². The highest BCUT2D eigenvalue weighted by Crippen LogP contribution is 2.45. The van der Waals surface area contributed by atoms with E-state index in [2.05, 4.69) is 43.5 Å². The van der Waals surface area contributed by atoms with Gasteiger partial charge in [-0.1, -0.05) is 6.42 Å². The molecule has 0 aromatic carbocycles. The molecule has 2 saturated carbocycles. The fourth-order valence-electron chi connectivity index (χ4n) is 3.36. The van der Waals surface area contributed by atoms with Gasteiger partial charge in [-0.25, -0.2) is 9.97 Å². The summed E-state index contributed by atoms with van der Waals surface area (Å²) in [5, 5.41) is 6.84. The zero-order chi connectivity index (χ0) is 12.5. The molecule has 2 bridgehead atoms. The number of hydrogen-bond donors (Lipinski definition) is 2. The summed E-state index contributed by atoms with van der Waals surface area (Å²) in [6.45, 7) is 2.93. The molecule has 0 spiro atoms. The van der Waals surface area contributed by atoms with E-state index in [1.807, 2.05) is 0 Å². The summed E-state index contributed by atoms with van der Waals surface area (Å²) in [7, 11) is 0. The first-order valence-electron chi connectivity index (χ1n) is 6.78. The zero-order valence-electron chi connectivity index (χ0n) is 10.6. The molecular formula is C13H19BrN4. The van der Waals surface area contributed by atoms with Gasteiger partial charge in [0.1, 0.15) is 22.4 Å². The third-order valence-corrected chi connectivity index (χ3v) is 4.95. The average Bonchev–Trinajstić information content (AvgIpc) is 2.96. The van der Waals surface area contributed by atoms with Gasteiger partial charge in [-0.15, -0.1) is 0 Å². The predicted octanol–water partition coefficient (Wildman–Crippen LogP) is 3.27. The van der Waals surface area contributed by atoms with E-state index in [-0.39, 0.29) is 0 Å². The molecule has 2 aliphatic rings. The minimum absolute atomic E-state index is 0.601. The highest BCUT2D eigenvalue weighted by molar-refractivity contribution is 9.10. The van der Waals surface area contributed by atoms with E-state index >= 15 is 0 Å². The van der Waals surface area contributed by atoms with E-state index in [4.69, 9.17) is 0 Å². The Kier molecular flexibility index (Phi) is 3.41. The van der Waals surface area contributed by atoms with Crippen LogP contribution in [0.5, 0.6) is 0 Å². The van der Waals surface area contributed by atoms with Crippen LogP contribution in [0.2, 0.25) is 0 Å². The van der Waals surface area contributed by atoms with Crippen LogP contribution in [0.15, 0.2) is 10.8 Å². The first-order valence-corrected chi connectivity index (χ1v) is 7.58. The van der Waals surface area contributed by atoms with Crippen molar-refractivity contribution in [2.75, 3.05) is 17.2 Å². The number of halogens is 1. The molecule has 2 N–H and O–H groups in total. The third kappa shape index (κ3) is 2.20. The van der Waals surface area contributed by atoms with Crippen molar-refractivity contribution in [1.29, 1.82) is 0 Å². The van der Waals surface area contributed by atoms with Crippen molar-refractivity contribution in [2.24, 2.45) is 11.8 Å². The molecule has 18 heavy (non-hydrogen) atoms. The topological polar surface area (TPSA) is 49.8 Å². The molecule has 4 nitrogen and oxygen atoms in total. The van der Waals surface area contributed by atoms with Crippen molar-refractivity contribution in [3.8, 4) is 0 Å². The van der Waals surface area contributed by atoms with Crippen LogP contribution >= 0.6 is 15.9 Å². The van der Waals surface area contributed by atoms with Crippen LogP contribution in [-0.4, -0.2) is 22.6 Å². The molecular weight excluding hydrogens is 292 g/mol. The van der Waals surface area contributed by atoms with E-state index in [1.165, 1.54) is 25.7 Å². The largest absolute Gasteiger partial charge is 0.369 e. The van der Waals surface area contributed by atoms with Gasteiger partial charge in [0.2, 0.25) is 0 Å². The molecule has 2 aliphatic carbocycles. The zero-order valence-corrected chi connectivity index (χ0v) is 12.2. The Morgan fingerprint density at radius 2 is 2.11 bits per heavy atom. The number of rotatable bonds is 4. The van der Waals surface area contributed by atoms with Crippen molar-refractivity contribution in [3.05, 3.63) is 10.8 Å². The first-order chi connectivity index (χ1) is 8.78. The molecule has 0 amide bonds. The summed E-state index contributed by atoms with van der Waals surface area (Å²) in [5.74, 6) is 3.59. The van der Waals surface area contributed by atoms with Crippen LogP contribution in [0.1, 0.15) is 32.6 Å². The maximum atomic E-state index is 4.36. The summed E-state index contributed by atoms with van der Waals surface area (Å²) >= 11 is 3.59. The highest BCUT2D eigenvalue weighted by Gasteiger charge is 2.39. The standard InChI is InChI=1S/C13H19BrN4/c1-2-15-12-11(14)13(17-7-16-12)18-10-6-8-3-4-9(10)5-8/h7-10H,2-6H2,1H3,(H2,15,16,17,18). The molecule has 5 heteroatoms. The minimum Gasteiger partial charge on any atom is -0.369 e. The van der Waals surface area contributed by atoms with E-state index in [0.717, 1.165) is 34.5 Å². The second-order valence-corrected chi connectivity index (χ2v) is 6.13. The monoisotopic (exact) mass is 310 g/mol. The lowest BCUT2D eigenvalue weighted by atomic mass is 9.95. The van der Waals surface area contributed by atoms with Gasteiger partial charge in [0.15, 0.2) is 0 Å². The van der Waals surface area contributed by atoms with Crippen molar-refractivity contribution in [1.82, 2.24) is 9.97 Å². The number of nitrogens with zero attached hydrogens (tertiary/aromatic N) is 2. The van der Waals surface area contributed by atoms with E-state index < -0.39 is 0 Å². The normalized spacial score (nSPS) is 29.6. The predicted molar refractivity (Wildman–Crippen MR) is 76.8 cm³/mol. The maximum absolute atomic E-state index is 4.36. The number of fused-ring (bicyclic) bond motifs is 2. The molecule has 98 valence electrons. The molecule has 0 radical (unpaired) electrons. The number of anilines is 2. The van der Waals surface area contributed by atoms with Crippen molar-refractivity contribution >= 4 is 27.6 Å². The average molecular weight is 311 g/mol. The molecule has 0 saturated heterocycles. The van der Waals surface area contributed by atoms with Crippen molar-refractivity contribution < 1.29 is 0 Å². The lowest BCUT2D eigenvalue weighted by Gasteiger charge is -2.24. The molecule has 1 aromatic rings. The van der Waals surface area contributed by atoms with Crippen LogP contribution in [0.25, 0.3) is 0 Å². The molecule has 1 aromatic heterocycles. The summed E-state index contributed by atoms with van der Waals surface area (Å²) in [4.78, 5) is 8.60. The van der Waals surface area contributed by atoms with Crippen molar-refractivity contribution in [2.45, 2.75) is 38.6 Å². The Labute approximate surface area is 116 Å². The highest BCUT2D eigenvalue weighted by atomic mass is 79.9. The number of nitrogens with one attached hydrogen (secondary N) is 2. The number of aromatic nitrogens is 2. The van der Waals surface area contributed by atoms with Crippen LogP contribution < -0.4 is 10.6 Å². The van der Waals surface area contributed by atoms with Gasteiger partial charge in [-0.2, -0.15) is 0 Å². The van der Waals surface area contributed by atoms with Crippen LogP contribution in [0.4, 0.5) is 11.6 Å². The summed E-state index contributed by atoms with van der Waals surface area (Å²) in [6.07, 6.45) is 7.14. The molecule has 3 unspecified atom stereocenters. The number of hydrogen-bond acceptors (Lipinski definition) is 4. The van der Waals surface area contributed by atoms with Gasteiger partial charge in [0.25, 0.3) is 0 Å². The van der Waals surface area contributed by atoms with E-state index in [1.54, 1.807) is 6.33 Å². The smallest absolute Gasteiger partial charge is 0.146 e. The van der Waals surface area contributed by atoms with Crippen LogP contribution in [-0.2, 0) is 0 Å². The third-order valence-electron chi connectivity index (χ3n) is 4.19. The SMILES string of the molecule is CCNc1ncnc(NC2CC3CCC2C3)c1Br. The summed E-state index contributed by atoms with van der Waals surface area (Å²) < 4.78 is 0.953. The molecule has 2 fully saturated rings. The van der Waals surface area contributed by atoms with Crippen LogP contribution in [0.3, 0.4) is 0 Å². The van der Waals surface area contributed by atoms with Gasteiger partial charge in [0, 0.05) is 12.6 Å². The summed E-state index contributed by atoms with van der Waals surface area (Å²) in [6, 6.07) is 0.601. The Balaban J connectivity index is 1.74. The first kappa shape index (κ1) is 12.2. The van der Waals surface area contributed by atoms with Gasteiger partial charge >= 0.3 is 0 Å². The fraction of sp³-hybridized carbons (Fsp3) is 0.692. The Bertz CT molecular complexity index is 437. The lowest BCUT2D eigenvalue weighted by molar-refractivity contribution is 0.439. The van der Waals surface area contributed by atoms with Gasteiger partial charge in [-0.05, 0) is 54.0 Å². The molecule has 1 heterocycles.